The molecule has 138 valence electrons. The monoisotopic (exact) mass is 412 g/mol. The summed E-state index contributed by atoms with van der Waals surface area (Å²) in [7, 11) is 1.53. The van der Waals surface area contributed by atoms with Crippen LogP contribution in [0.2, 0.25) is 15.1 Å². The molecule has 0 radical (unpaired) electrons. The number of amides is 2. The van der Waals surface area contributed by atoms with Crippen LogP contribution in [0.1, 0.15) is 18.1 Å². The van der Waals surface area contributed by atoms with Crippen LogP contribution < -0.4 is 5.32 Å². The van der Waals surface area contributed by atoms with Crippen LogP contribution in [-0.4, -0.2) is 29.8 Å². The van der Waals surface area contributed by atoms with Crippen molar-refractivity contribution in [3.8, 4) is 0 Å². The maximum atomic E-state index is 12.9. The van der Waals surface area contributed by atoms with E-state index in [0.717, 1.165) is 5.56 Å². The average molecular weight is 414 g/mol. The molecule has 0 aliphatic rings. The molecule has 0 aromatic heterocycles. The zero-order valence-electron chi connectivity index (χ0n) is 14.4. The van der Waals surface area contributed by atoms with Crippen molar-refractivity contribution >= 4 is 46.6 Å². The molecule has 0 spiro atoms. The van der Waals surface area contributed by atoms with Crippen LogP contribution in [0.4, 0.5) is 0 Å². The van der Waals surface area contributed by atoms with Crippen molar-refractivity contribution in [2.75, 3.05) is 7.05 Å². The lowest BCUT2D eigenvalue weighted by atomic mass is 10.1. The highest BCUT2D eigenvalue weighted by Gasteiger charge is 2.26. The molecule has 4 nitrogen and oxygen atoms in total. The van der Waals surface area contributed by atoms with Gasteiger partial charge in [-0.25, -0.2) is 0 Å². The Balaban J connectivity index is 2.28. The summed E-state index contributed by atoms with van der Waals surface area (Å²) >= 11 is 18.3. The molecule has 0 heterocycles. The van der Waals surface area contributed by atoms with Crippen molar-refractivity contribution in [3.05, 3.63) is 68.7 Å². The van der Waals surface area contributed by atoms with Crippen molar-refractivity contribution in [1.29, 1.82) is 0 Å². The van der Waals surface area contributed by atoms with Crippen molar-refractivity contribution in [2.24, 2.45) is 0 Å². The summed E-state index contributed by atoms with van der Waals surface area (Å²) in [5, 5.41) is 4.03. The quantitative estimate of drug-likeness (QED) is 0.765. The van der Waals surface area contributed by atoms with E-state index in [1.807, 2.05) is 18.2 Å². The van der Waals surface area contributed by atoms with Gasteiger partial charge in [0, 0.05) is 28.7 Å². The first-order valence-electron chi connectivity index (χ1n) is 8.02. The van der Waals surface area contributed by atoms with Gasteiger partial charge in [-0.1, -0.05) is 59.1 Å². The number of carbonyl (C=O) groups excluding carboxylic acids is 2. The Hall–Kier alpha value is -1.75. The topological polar surface area (TPSA) is 49.4 Å². The molecule has 0 aliphatic carbocycles. The number of rotatable bonds is 6. The average Bonchev–Trinajstić information content (AvgIpc) is 2.62. The van der Waals surface area contributed by atoms with E-state index in [1.165, 1.54) is 11.9 Å². The second kappa shape index (κ2) is 9.26. The van der Waals surface area contributed by atoms with E-state index in [1.54, 1.807) is 31.2 Å². The fourth-order valence-electron chi connectivity index (χ4n) is 2.53. The summed E-state index contributed by atoms with van der Waals surface area (Å²) in [6.07, 6.45) is 0.0573. The van der Waals surface area contributed by atoms with Crippen LogP contribution in [-0.2, 0) is 22.6 Å². The summed E-state index contributed by atoms with van der Waals surface area (Å²) in [5.41, 5.74) is 1.41. The normalized spacial score (nSPS) is 11.7. The van der Waals surface area contributed by atoms with Gasteiger partial charge in [0.25, 0.3) is 0 Å². The van der Waals surface area contributed by atoms with Crippen LogP contribution >= 0.6 is 34.8 Å². The molecule has 2 rings (SSSR count). The number of nitrogens with zero attached hydrogens (tertiary/aromatic N) is 1. The smallest absolute Gasteiger partial charge is 0.242 e. The highest BCUT2D eigenvalue weighted by Crippen LogP contribution is 2.23. The maximum Gasteiger partial charge on any atom is 0.242 e. The third-order valence-corrected chi connectivity index (χ3v) is 5.02. The minimum atomic E-state index is -0.658. The van der Waals surface area contributed by atoms with Gasteiger partial charge in [-0.2, -0.15) is 0 Å². The molecule has 2 aromatic carbocycles. The van der Waals surface area contributed by atoms with E-state index in [-0.39, 0.29) is 24.8 Å². The predicted octanol–water partition coefficient (Wildman–Crippen LogP) is 4.35. The predicted molar refractivity (Wildman–Crippen MR) is 106 cm³/mol. The lowest BCUT2D eigenvalue weighted by Crippen LogP contribution is -2.47. The van der Waals surface area contributed by atoms with E-state index in [4.69, 9.17) is 34.8 Å². The van der Waals surface area contributed by atoms with Gasteiger partial charge in [0.05, 0.1) is 6.42 Å². The van der Waals surface area contributed by atoms with E-state index in [2.05, 4.69) is 5.32 Å². The highest BCUT2D eigenvalue weighted by atomic mass is 35.5. The van der Waals surface area contributed by atoms with Crippen molar-refractivity contribution in [2.45, 2.75) is 25.9 Å². The number of benzene rings is 2. The molecule has 0 unspecified atom stereocenters. The van der Waals surface area contributed by atoms with E-state index in [0.29, 0.717) is 20.6 Å². The molecule has 26 heavy (non-hydrogen) atoms. The molecule has 1 N–H and O–H groups in total. The van der Waals surface area contributed by atoms with Gasteiger partial charge in [-0.15, -0.1) is 0 Å². The highest BCUT2D eigenvalue weighted by molar-refractivity contribution is 6.35. The van der Waals surface area contributed by atoms with Gasteiger partial charge >= 0.3 is 0 Å². The summed E-state index contributed by atoms with van der Waals surface area (Å²) in [6, 6.07) is 11.5. The fraction of sp³-hybridized carbons (Fsp3) is 0.263. The van der Waals surface area contributed by atoms with Gasteiger partial charge < -0.3 is 10.2 Å². The van der Waals surface area contributed by atoms with Crippen molar-refractivity contribution in [1.82, 2.24) is 10.2 Å². The zero-order valence-corrected chi connectivity index (χ0v) is 16.7. The Bertz CT molecular complexity index is 811. The lowest BCUT2D eigenvalue weighted by Gasteiger charge is -2.29. The van der Waals surface area contributed by atoms with E-state index >= 15 is 0 Å². The first-order chi connectivity index (χ1) is 12.3. The SMILES string of the molecule is CNC(=O)[C@H](C)N(Cc1ccccc1Cl)C(=O)Cc1ccc(Cl)cc1Cl. The molecular formula is C19H19Cl3N2O2. The Kier molecular flexibility index (Phi) is 7.33. The van der Waals surface area contributed by atoms with Crippen molar-refractivity contribution in [3.63, 3.8) is 0 Å². The molecule has 0 saturated carbocycles. The first kappa shape index (κ1) is 20.6. The summed E-state index contributed by atoms with van der Waals surface area (Å²) in [5.74, 6) is -0.488. The molecular weight excluding hydrogens is 395 g/mol. The summed E-state index contributed by atoms with van der Waals surface area (Å²) < 4.78 is 0. The number of nitrogens with one attached hydrogen (secondary N) is 1. The second-order valence-electron chi connectivity index (χ2n) is 5.82. The van der Waals surface area contributed by atoms with E-state index in [9.17, 15) is 9.59 Å². The second-order valence-corrected chi connectivity index (χ2v) is 7.07. The van der Waals surface area contributed by atoms with Gasteiger partial charge in [-0.05, 0) is 36.2 Å². The Morgan fingerprint density at radius 1 is 1.04 bits per heavy atom. The number of likely N-dealkylation sites (N-methyl/N-ethyl adjacent to an activating group) is 1. The Morgan fingerprint density at radius 2 is 1.73 bits per heavy atom. The molecule has 2 amide bonds. The minimum absolute atomic E-state index is 0.0573. The van der Waals surface area contributed by atoms with E-state index < -0.39 is 6.04 Å². The third-order valence-electron chi connectivity index (χ3n) is 4.07. The van der Waals surface area contributed by atoms with Gasteiger partial charge in [0.1, 0.15) is 6.04 Å². The molecule has 2 aromatic rings. The lowest BCUT2D eigenvalue weighted by molar-refractivity contribution is -0.139. The van der Waals surface area contributed by atoms with Crippen LogP contribution in [0.5, 0.6) is 0 Å². The Labute approximate surface area is 168 Å². The first-order valence-corrected chi connectivity index (χ1v) is 9.15. The van der Waals surface area contributed by atoms with Gasteiger partial charge in [0.15, 0.2) is 0 Å². The molecule has 0 saturated heterocycles. The maximum absolute atomic E-state index is 12.9. The van der Waals surface area contributed by atoms with Crippen LogP contribution in [0, 0.1) is 0 Å². The standard InChI is InChI=1S/C19H19Cl3N2O2/c1-12(19(26)23-2)24(11-14-5-3-4-6-16(14)21)18(25)9-13-7-8-15(20)10-17(13)22/h3-8,10,12H,9,11H2,1-2H3,(H,23,26)/t12-/m0/s1. The molecule has 0 fully saturated rings. The summed E-state index contributed by atoms with van der Waals surface area (Å²) in [4.78, 5) is 26.5. The van der Waals surface area contributed by atoms with Crippen molar-refractivity contribution < 1.29 is 9.59 Å². The van der Waals surface area contributed by atoms with Crippen LogP contribution in [0.3, 0.4) is 0 Å². The fourth-order valence-corrected chi connectivity index (χ4v) is 3.20. The number of hydrogen-bond acceptors (Lipinski definition) is 2. The minimum Gasteiger partial charge on any atom is -0.357 e. The summed E-state index contributed by atoms with van der Waals surface area (Å²) in [6.45, 7) is 1.90. The molecule has 0 bridgehead atoms. The molecule has 7 heteroatoms. The molecule has 0 aliphatic heterocycles. The third kappa shape index (κ3) is 5.13. The van der Waals surface area contributed by atoms with Crippen LogP contribution in [0.15, 0.2) is 42.5 Å². The van der Waals surface area contributed by atoms with Gasteiger partial charge in [0.2, 0.25) is 11.8 Å². The number of hydrogen-bond donors (Lipinski definition) is 1. The Morgan fingerprint density at radius 3 is 2.35 bits per heavy atom. The number of halogens is 3. The molecule has 1 atom stereocenters. The largest absolute Gasteiger partial charge is 0.357 e. The zero-order chi connectivity index (χ0) is 19.3. The van der Waals surface area contributed by atoms with Crippen LogP contribution in [0.25, 0.3) is 0 Å². The number of carbonyl (C=O) groups is 2. The van der Waals surface area contributed by atoms with Gasteiger partial charge in [-0.3, -0.25) is 9.59 Å².